The Bertz CT molecular complexity index is 662. The number of carbonyl (C=O) groups excluding carboxylic acids is 1. The lowest BCUT2D eigenvalue weighted by molar-refractivity contribution is -0.118. The van der Waals surface area contributed by atoms with Crippen molar-refractivity contribution >= 4 is 38.7 Å². The number of nitrogen functional groups attached to an aromatic ring is 1. The highest BCUT2D eigenvalue weighted by atomic mass is 79.9. The van der Waals surface area contributed by atoms with Gasteiger partial charge in [0.05, 0.1) is 5.39 Å². The molecule has 1 fully saturated rings. The molecule has 1 amide bonds. The molecule has 4 N–H and O–H groups in total. The van der Waals surface area contributed by atoms with Crippen molar-refractivity contribution < 1.29 is 4.79 Å². The highest BCUT2D eigenvalue weighted by molar-refractivity contribution is 9.10. The standard InChI is InChI=1S/C8H13NO.C6H5BrN4/c1-6(2)8(10)9-7-4-3-5-7;7-3-1-9-6-4(3)5(8)10-2-11-6/h7H,1,3-5H2,2H3,(H,9,10);1-2H,(H3,8,9,10,11). The van der Waals surface area contributed by atoms with Gasteiger partial charge < -0.3 is 16.0 Å². The Morgan fingerprint density at radius 1 is 1.52 bits per heavy atom. The van der Waals surface area contributed by atoms with Gasteiger partial charge in [0.2, 0.25) is 5.91 Å². The molecule has 21 heavy (non-hydrogen) atoms. The van der Waals surface area contributed by atoms with Crippen molar-refractivity contribution in [3.63, 3.8) is 0 Å². The summed E-state index contributed by atoms with van der Waals surface area (Å²) in [7, 11) is 0. The SMILES string of the molecule is C=C(C)C(=O)NC1CCC1.Nc1ncnc2[nH]cc(Br)c12. The van der Waals surface area contributed by atoms with Crippen molar-refractivity contribution in [3.8, 4) is 0 Å². The van der Waals surface area contributed by atoms with Crippen molar-refractivity contribution in [3.05, 3.63) is 29.1 Å². The number of rotatable bonds is 2. The van der Waals surface area contributed by atoms with Crippen LogP contribution in [-0.2, 0) is 4.79 Å². The molecule has 1 aliphatic carbocycles. The van der Waals surface area contributed by atoms with Crippen LogP contribution in [0.2, 0.25) is 0 Å². The zero-order valence-corrected chi connectivity index (χ0v) is 13.4. The minimum absolute atomic E-state index is 0.00435. The van der Waals surface area contributed by atoms with E-state index in [9.17, 15) is 4.79 Å². The number of aromatic nitrogens is 3. The summed E-state index contributed by atoms with van der Waals surface area (Å²) in [5.74, 6) is 0.493. The second kappa shape index (κ2) is 6.71. The number of nitrogens with one attached hydrogen (secondary N) is 2. The van der Waals surface area contributed by atoms with E-state index in [1.54, 1.807) is 13.1 Å². The predicted molar refractivity (Wildman–Crippen MR) is 86.6 cm³/mol. The number of halogens is 1. The van der Waals surface area contributed by atoms with Gasteiger partial charge in [0.25, 0.3) is 0 Å². The number of H-pyrrole nitrogens is 1. The number of hydrogen-bond donors (Lipinski definition) is 3. The van der Waals surface area contributed by atoms with Crippen LogP contribution in [0, 0.1) is 0 Å². The third-order valence-corrected chi connectivity index (χ3v) is 3.90. The van der Waals surface area contributed by atoms with E-state index < -0.39 is 0 Å². The molecule has 0 aromatic carbocycles. The molecule has 0 aliphatic heterocycles. The molecular weight excluding hydrogens is 334 g/mol. The fourth-order valence-corrected chi connectivity index (χ4v) is 2.31. The molecule has 0 atom stereocenters. The monoisotopic (exact) mass is 351 g/mol. The minimum Gasteiger partial charge on any atom is -0.383 e. The average molecular weight is 352 g/mol. The Kier molecular flexibility index (Phi) is 4.95. The van der Waals surface area contributed by atoms with Crippen LogP contribution in [0.4, 0.5) is 5.82 Å². The number of hydrogen-bond acceptors (Lipinski definition) is 4. The van der Waals surface area contributed by atoms with Crippen LogP contribution in [0.15, 0.2) is 29.1 Å². The van der Waals surface area contributed by atoms with Gasteiger partial charge in [0.1, 0.15) is 17.8 Å². The van der Waals surface area contributed by atoms with E-state index in [4.69, 9.17) is 5.73 Å². The maximum absolute atomic E-state index is 10.9. The third-order valence-electron chi connectivity index (χ3n) is 3.28. The lowest BCUT2D eigenvalue weighted by Gasteiger charge is -2.26. The Balaban J connectivity index is 0.000000155. The van der Waals surface area contributed by atoms with Gasteiger partial charge in [-0.05, 0) is 42.1 Å². The van der Waals surface area contributed by atoms with E-state index in [1.165, 1.54) is 12.7 Å². The summed E-state index contributed by atoms with van der Waals surface area (Å²) >= 11 is 3.33. The normalized spacial score (nSPS) is 14.0. The van der Waals surface area contributed by atoms with Crippen LogP contribution >= 0.6 is 15.9 Å². The van der Waals surface area contributed by atoms with Gasteiger partial charge in [0.15, 0.2) is 0 Å². The van der Waals surface area contributed by atoms with Crippen LogP contribution in [0.3, 0.4) is 0 Å². The molecule has 0 radical (unpaired) electrons. The molecular formula is C14H18BrN5O. The van der Waals surface area contributed by atoms with Gasteiger partial charge >= 0.3 is 0 Å². The maximum Gasteiger partial charge on any atom is 0.246 e. The number of amides is 1. The summed E-state index contributed by atoms with van der Waals surface area (Å²) in [5, 5.41) is 3.72. The molecule has 2 aromatic rings. The molecule has 1 aliphatic rings. The number of nitrogens with two attached hydrogens (primary N) is 1. The van der Waals surface area contributed by atoms with Gasteiger partial charge in [-0.2, -0.15) is 0 Å². The molecule has 0 bridgehead atoms. The molecule has 0 spiro atoms. The number of aromatic amines is 1. The van der Waals surface area contributed by atoms with Gasteiger partial charge in [-0.15, -0.1) is 0 Å². The van der Waals surface area contributed by atoms with Crippen LogP contribution in [0.5, 0.6) is 0 Å². The van der Waals surface area contributed by atoms with Crippen LogP contribution in [0.1, 0.15) is 26.2 Å². The summed E-state index contributed by atoms with van der Waals surface area (Å²) in [5.41, 5.74) is 6.96. The summed E-state index contributed by atoms with van der Waals surface area (Å²) in [6, 6.07) is 0.434. The Morgan fingerprint density at radius 2 is 2.24 bits per heavy atom. The maximum atomic E-state index is 10.9. The molecule has 112 valence electrons. The highest BCUT2D eigenvalue weighted by Gasteiger charge is 2.18. The lowest BCUT2D eigenvalue weighted by atomic mass is 9.93. The summed E-state index contributed by atoms with van der Waals surface area (Å²) in [6.07, 6.45) is 6.75. The van der Waals surface area contributed by atoms with E-state index >= 15 is 0 Å². The topological polar surface area (TPSA) is 96.7 Å². The van der Waals surface area contributed by atoms with Crippen molar-refractivity contribution in [2.24, 2.45) is 0 Å². The quantitative estimate of drug-likeness (QED) is 0.724. The summed E-state index contributed by atoms with van der Waals surface area (Å²) in [4.78, 5) is 21.7. The van der Waals surface area contributed by atoms with Crippen molar-refractivity contribution in [2.45, 2.75) is 32.2 Å². The smallest absolute Gasteiger partial charge is 0.246 e. The lowest BCUT2D eigenvalue weighted by Crippen LogP contribution is -2.39. The van der Waals surface area contributed by atoms with Crippen molar-refractivity contribution in [1.29, 1.82) is 0 Å². The first-order chi connectivity index (χ1) is 9.99. The first kappa shape index (κ1) is 15.5. The molecule has 1 saturated carbocycles. The fraction of sp³-hybridized carbons (Fsp3) is 0.357. The zero-order chi connectivity index (χ0) is 15.4. The predicted octanol–water partition coefficient (Wildman–Crippen LogP) is 2.53. The summed E-state index contributed by atoms with van der Waals surface area (Å²) < 4.78 is 0.894. The van der Waals surface area contributed by atoms with Crippen molar-refractivity contribution in [1.82, 2.24) is 20.3 Å². The molecule has 2 aromatic heterocycles. The van der Waals surface area contributed by atoms with E-state index in [0.29, 0.717) is 17.4 Å². The molecule has 7 heteroatoms. The largest absolute Gasteiger partial charge is 0.383 e. The Labute approximate surface area is 131 Å². The van der Waals surface area contributed by atoms with E-state index in [-0.39, 0.29) is 5.91 Å². The molecule has 0 saturated heterocycles. The summed E-state index contributed by atoms with van der Waals surface area (Å²) in [6.45, 7) is 5.28. The first-order valence-corrected chi connectivity index (χ1v) is 7.47. The van der Waals surface area contributed by atoms with Gasteiger partial charge in [-0.3, -0.25) is 4.79 Å². The van der Waals surface area contributed by atoms with Crippen LogP contribution in [-0.4, -0.2) is 26.9 Å². The molecule has 2 heterocycles. The number of anilines is 1. The zero-order valence-electron chi connectivity index (χ0n) is 11.8. The van der Waals surface area contributed by atoms with Crippen molar-refractivity contribution in [2.75, 3.05) is 5.73 Å². The second-order valence-corrected chi connectivity index (χ2v) is 5.86. The Morgan fingerprint density at radius 3 is 2.76 bits per heavy atom. The second-order valence-electron chi connectivity index (χ2n) is 5.00. The first-order valence-electron chi connectivity index (χ1n) is 6.68. The van der Waals surface area contributed by atoms with E-state index in [1.807, 2.05) is 0 Å². The minimum atomic E-state index is 0.00435. The molecule has 0 unspecified atom stereocenters. The van der Waals surface area contributed by atoms with E-state index in [0.717, 1.165) is 28.3 Å². The Hall–Kier alpha value is -1.89. The van der Waals surface area contributed by atoms with Crippen LogP contribution < -0.4 is 11.1 Å². The number of carbonyl (C=O) groups is 1. The van der Waals surface area contributed by atoms with Gasteiger partial charge in [-0.25, -0.2) is 9.97 Å². The number of fused-ring (bicyclic) bond motifs is 1. The molecule has 6 nitrogen and oxygen atoms in total. The third kappa shape index (κ3) is 3.81. The highest BCUT2D eigenvalue weighted by Crippen LogP contribution is 2.25. The fourth-order valence-electron chi connectivity index (χ4n) is 1.81. The van der Waals surface area contributed by atoms with Gasteiger partial charge in [0, 0.05) is 22.3 Å². The van der Waals surface area contributed by atoms with E-state index in [2.05, 4.69) is 42.8 Å². The molecule has 3 rings (SSSR count). The number of nitrogens with zero attached hydrogens (tertiary/aromatic N) is 2. The van der Waals surface area contributed by atoms with Crippen LogP contribution in [0.25, 0.3) is 11.0 Å². The van der Waals surface area contributed by atoms with Gasteiger partial charge in [-0.1, -0.05) is 6.58 Å². The average Bonchev–Trinajstić information content (AvgIpc) is 2.77.